The number of esters is 1. The van der Waals surface area contributed by atoms with E-state index in [0.717, 1.165) is 38.0 Å². The first-order chi connectivity index (χ1) is 16.1. The second kappa shape index (κ2) is 9.72. The number of carbonyl (C=O) groups excluding carboxylic acids is 3. The van der Waals surface area contributed by atoms with Crippen molar-refractivity contribution < 1.29 is 27.5 Å². The number of carbonyl (C=O) groups is 3. The molecule has 1 aromatic carbocycles. The molecule has 2 aromatic heterocycles. The Balaban J connectivity index is 1.47. The molecule has 1 N–H and O–H groups in total. The Kier molecular flexibility index (Phi) is 7.08. The minimum atomic E-state index is -4.08. The van der Waals surface area contributed by atoms with Crippen LogP contribution in [0.4, 0.5) is 5.00 Å². The van der Waals surface area contributed by atoms with Crippen LogP contribution in [0.1, 0.15) is 27.2 Å². The largest absolute Gasteiger partial charge is 0.465 e. The van der Waals surface area contributed by atoms with Crippen LogP contribution in [0.5, 0.6) is 0 Å². The standard InChI is InChI=1S/C21H20BrN3O6S3/c1-25-13-7-6-11(22)8-15(13)33-21(25)24-17(27)10-34(29,30)9-16(26)23-19-18(20(28)31-2)12-4-3-5-14(12)32-19/h6-8H,3-5,9-10H2,1-2H3,(H,23,26). The monoisotopic (exact) mass is 585 g/mol. The van der Waals surface area contributed by atoms with Crippen molar-refractivity contribution in [2.75, 3.05) is 23.9 Å². The van der Waals surface area contributed by atoms with E-state index in [1.54, 1.807) is 11.6 Å². The smallest absolute Gasteiger partial charge is 0.341 e. The van der Waals surface area contributed by atoms with Crippen LogP contribution in [0.3, 0.4) is 0 Å². The fourth-order valence-electron chi connectivity index (χ4n) is 3.77. The molecule has 0 unspecified atom stereocenters. The summed E-state index contributed by atoms with van der Waals surface area (Å²) >= 11 is 5.89. The van der Waals surface area contributed by atoms with Crippen molar-refractivity contribution in [2.24, 2.45) is 12.0 Å². The normalized spacial score (nSPS) is 13.8. The molecular formula is C21H20BrN3O6S3. The van der Waals surface area contributed by atoms with E-state index in [1.165, 1.54) is 29.8 Å². The molecule has 1 aliphatic carbocycles. The quantitative estimate of drug-likeness (QED) is 0.443. The number of nitrogens with zero attached hydrogens (tertiary/aromatic N) is 2. The zero-order valence-electron chi connectivity index (χ0n) is 18.2. The van der Waals surface area contributed by atoms with Crippen molar-refractivity contribution in [3.05, 3.63) is 43.5 Å². The number of fused-ring (bicyclic) bond motifs is 2. The summed E-state index contributed by atoms with van der Waals surface area (Å²) in [6, 6.07) is 5.61. The van der Waals surface area contributed by atoms with Crippen LogP contribution >= 0.6 is 38.6 Å². The Morgan fingerprint density at radius 3 is 2.71 bits per heavy atom. The average Bonchev–Trinajstić information content (AvgIpc) is 3.40. The predicted molar refractivity (Wildman–Crippen MR) is 134 cm³/mol. The number of amides is 2. The van der Waals surface area contributed by atoms with Gasteiger partial charge in [-0.1, -0.05) is 27.3 Å². The molecule has 4 rings (SSSR count). The number of thiophene rings is 1. The maximum atomic E-state index is 12.5. The second-order valence-corrected chi connectivity index (χ2v) is 12.8. The number of hydrogen-bond acceptors (Lipinski definition) is 8. The molecular weight excluding hydrogens is 566 g/mol. The third-order valence-corrected chi connectivity index (χ3v) is 9.43. The van der Waals surface area contributed by atoms with Gasteiger partial charge >= 0.3 is 5.97 Å². The number of ether oxygens (including phenoxy) is 1. The molecule has 0 radical (unpaired) electrons. The molecule has 0 aliphatic heterocycles. The maximum Gasteiger partial charge on any atom is 0.341 e. The summed E-state index contributed by atoms with van der Waals surface area (Å²) in [6.07, 6.45) is 2.40. The van der Waals surface area contributed by atoms with E-state index in [-0.39, 0.29) is 10.6 Å². The summed E-state index contributed by atoms with van der Waals surface area (Å²) in [6.45, 7) is 0. The van der Waals surface area contributed by atoms with Crippen molar-refractivity contribution in [1.82, 2.24) is 4.57 Å². The number of hydrogen-bond donors (Lipinski definition) is 1. The summed E-state index contributed by atoms with van der Waals surface area (Å²) in [5.74, 6) is -4.06. The van der Waals surface area contributed by atoms with Gasteiger partial charge in [-0.05, 0) is 43.0 Å². The van der Waals surface area contributed by atoms with Crippen molar-refractivity contribution in [1.29, 1.82) is 0 Å². The minimum absolute atomic E-state index is 0.274. The van der Waals surface area contributed by atoms with Gasteiger partial charge < -0.3 is 14.6 Å². The SMILES string of the molecule is COC(=O)c1c(NC(=O)CS(=O)(=O)CC(=O)N=c2sc3cc(Br)ccc3n2C)sc2c1CCC2. The van der Waals surface area contributed by atoms with Crippen LogP contribution in [0.2, 0.25) is 0 Å². The number of nitrogens with one attached hydrogen (secondary N) is 1. The van der Waals surface area contributed by atoms with Gasteiger partial charge in [0.1, 0.15) is 16.5 Å². The van der Waals surface area contributed by atoms with Gasteiger partial charge in [0.25, 0.3) is 5.91 Å². The van der Waals surface area contributed by atoms with Gasteiger partial charge in [-0.15, -0.1) is 11.3 Å². The third kappa shape index (κ3) is 5.16. The lowest BCUT2D eigenvalue weighted by atomic mass is 10.1. The van der Waals surface area contributed by atoms with Crippen molar-refractivity contribution >= 4 is 81.4 Å². The van der Waals surface area contributed by atoms with E-state index in [1.807, 2.05) is 18.2 Å². The summed E-state index contributed by atoms with van der Waals surface area (Å²) in [5, 5.41) is 2.79. The van der Waals surface area contributed by atoms with E-state index in [2.05, 4.69) is 26.2 Å². The van der Waals surface area contributed by atoms with Crippen molar-refractivity contribution in [3.63, 3.8) is 0 Å². The van der Waals surface area contributed by atoms with Gasteiger partial charge in [-0.25, -0.2) is 13.2 Å². The molecule has 2 amide bonds. The number of thiazole rings is 1. The fraction of sp³-hybridized carbons (Fsp3) is 0.333. The lowest BCUT2D eigenvalue weighted by Gasteiger charge is -2.07. The molecule has 0 spiro atoms. The second-order valence-electron chi connectivity index (χ2n) is 7.69. The van der Waals surface area contributed by atoms with Crippen LogP contribution in [-0.4, -0.2) is 49.4 Å². The van der Waals surface area contributed by atoms with Gasteiger partial charge in [0, 0.05) is 16.4 Å². The molecule has 3 aromatic rings. The topological polar surface area (TPSA) is 124 Å². The first-order valence-corrected chi connectivity index (χ1v) is 14.4. The molecule has 34 heavy (non-hydrogen) atoms. The van der Waals surface area contributed by atoms with Gasteiger partial charge in [-0.3, -0.25) is 9.59 Å². The van der Waals surface area contributed by atoms with Crippen LogP contribution in [0.25, 0.3) is 10.2 Å². The van der Waals surface area contributed by atoms with E-state index in [9.17, 15) is 22.8 Å². The van der Waals surface area contributed by atoms with Crippen LogP contribution in [0, 0.1) is 0 Å². The number of anilines is 1. The highest BCUT2D eigenvalue weighted by molar-refractivity contribution is 9.10. The highest BCUT2D eigenvalue weighted by Crippen LogP contribution is 2.39. The number of aryl methyl sites for hydroxylation is 2. The van der Waals surface area contributed by atoms with Crippen molar-refractivity contribution in [3.8, 4) is 0 Å². The summed E-state index contributed by atoms with van der Waals surface area (Å²) < 4.78 is 33.3. The maximum absolute atomic E-state index is 12.5. The van der Waals surface area contributed by atoms with Crippen LogP contribution in [0.15, 0.2) is 27.7 Å². The Labute approximate surface area is 211 Å². The summed E-state index contributed by atoms with van der Waals surface area (Å²) in [4.78, 5) is 42.3. The Hall–Kier alpha value is -2.35. The molecule has 0 bridgehead atoms. The molecule has 0 atom stereocenters. The zero-order chi connectivity index (χ0) is 24.6. The Morgan fingerprint density at radius 1 is 1.21 bits per heavy atom. The molecule has 180 valence electrons. The molecule has 0 fully saturated rings. The molecule has 2 heterocycles. The minimum Gasteiger partial charge on any atom is -0.465 e. The molecule has 13 heteroatoms. The highest BCUT2D eigenvalue weighted by Gasteiger charge is 2.29. The van der Waals surface area contributed by atoms with Gasteiger partial charge in [0.15, 0.2) is 14.6 Å². The number of aromatic nitrogens is 1. The van der Waals surface area contributed by atoms with E-state index >= 15 is 0 Å². The van der Waals surface area contributed by atoms with E-state index in [0.29, 0.717) is 11.2 Å². The first kappa shape index (κ1) is 24.8. The molecule has 1 aliphatic rings. The molecule has 0 saturated carbocycles. The van der Waals surface area contributed by atoms with Crippen molar-refractivity contribution in [2.45, 2.75) is 19.3 Å². The Morgan fingerprint density at radius 2 is 1.97 bits per heavy atom. The average molecular weight is 587 g/mol. The van der Waals surface area contributed by atoms with Crippen LogP contribution in [-0.2, 0) is 44.1 Å². The Bertz CT molecular complexity index is 1500. The number of sulfone groups is 1. The van der Waals surface area contributed by atoms with E-state index < -0.39 is 39.1 Å². The summed E-state index contributed by atoms with van der Waals surface area (Å²) in [7, 11) is -1.10. The van der Waals surface area contributed by atoms with Gasteiger partial charge in [-0.2, -0.15) is 4.99 Å². The summed E-state index contributed by atoms with van der Waals surface area (Å²) in [5.41, 5.74) is 1.97. The predicted octanol–water partition coefficient (Wildman–Crippen LogP) is 2.82. The zero-order valence-corrected chi connectivity index (χ0v) is 22.2. The number of halogens is 1. The fourth-order valence-corrected chi connectivity index (χ4v) is 7.66. The molecule has 0 saturated heterocycles. The highest BCUT2D eigenvalue weighted by atomic mass is 79.9. The lowest BCUT2D eigenvalue weighted by Crippen LogP contribution is -2.28. The van der Waals surface area contributed by atoms with Gasteiger partial charge in [0.05, 0.1) is 22.9 Å². The molecule has 9 nitrogen and oxygen atoms in total. The van der Waals surface area contributed by atoms with E-state index in [4.69, 9.17) is 4.74 Å². The van der Waals surface area contributed by atoms with Gasteiger partial charge in [0.2, 0.25) is 5.91 Å². The number of methoxy groups -OCH3 is 1. The lowest BCUT2D eigenvalue weighted by molar-refractivity contribution is -0.115. The number of benzene rings is 1. The first-order valence-electron chi connectivity index (χ1n) is 10.1. The third-order valence-electron chi connectivity index (χ3n) is 5.25. The van der Waals surface area contributed by atoms with Crippen LogP contribution < -0.4 is 10.1 Å². The number of rotatable bonds is 6.